The van der Waals surface area contributed by atoms with Gasteiger partial charge in [-0.1, -0.05) is 33.1 Å². The molecule has 0 aromatic carbocycles. The second-order valence-electron chi connectivity index (χ2n) is 5.60. The Balaban J connectivity index is 1.91. The van der Waals surface area contributed by atoms with Crippen LogP contribution in [0.5, 0.6) is 0 Å². The van der Waals surface area contributed by atoms with E-state index in [1.165, 1.54) is 43.6 Å². The van der Waals surface area contributed by atoms with Crippen molar-refractivity contribution in [1.29, 1.82) is 0 Å². The average Bonchev–Trinajstić information content (AvgIpc) is 2.38. The molecule has 2 fully saturated rings. The summed E-state index contributed by atoms with van der Waals surface area (Å²) < 4.78 is 0. The number of aliphatic hydroxyl groups is 1. The Morgan fingerprint density at radius 3 is 2.71 bits per heavy atom. The molecule has 1 N–H and O–H groups in total. The maximum absolute atomic E-state index is 10.6. The third-order valence-electron chi connectivity index (χ3n) is 4.46. The maximum atomic E-state index is 10.6. The zero-order chi connectivity index (χ0) is 12.3. The van der Waals surface area contributed by atoms with Gasteiger partial charge < -0.3 is 5.11 Å². The van der Waals surface area contributed by atoms with E-state index in [9.17, 15) is 5.11 Å². The zero-order valence-corrected chi connectivity index (χ0v) is 12.7. The molecule has 0 amide bonds. The fourth-order valence-corrected chi connectivity index (χ4v) is 6.23. The van der Waals surface area contributed by atoms with Crippen molar-refractivity contribution < 1.29 is 5.11 Å². The molecule has 1 aliphatic heterocycles. The van der Waals surface area contributed by atoms with Crippen molar-refractivity contribution in [3.8, 4) is 0 Å². The van der Waals surface area contributed by atoms with E-state index in [1.807, 2.05) is 23.5 Å². The minimum atomic E-state index is -0.0582. The maximum Gasteiger partial charge on any atom is 0.0697 e. The van der Waals surface area contributed by atoms with E-state index >= 15 is 0 Å². The predicted octanol–water partition coefficient (Wildman–Crippen LogP) is 3.80. The molecule has 1 saturated carbocycles. The van der Waals surface area contributed by atoms with Gasteiger partial charge in [-0.2, -0.15) is 23.5 Å². The summed E-state index contributed by atoms with van der Waals surface area (Å²) in [6, 6.07) is 0. The van der Waals surface area contributed by atoms with E-state index in [4.69, 9.17) is 0 Å². The average molecular weight is 274 g/mol. The summed E-state index contributed by atoms with van der Waals surface area (Å²) in [4.78, 5) is 0. The predicted molar refractivity (Wildman–Crippen MR) is 79.9 cm³/mol. The van der Waals surface area contributed by atoms with Gasteiger partial charge in [0.1, 0.15) is 0 Å². The summed E-state index contributed by atoms with van der Waals surface area (Å²) in [5.74, 6) is 3.94. The molecule has 0 aromatic rings. The van der Waals surface area contributed by atoms with Crippen molar-refractivity contribution in [2.45, 2.75) is 62.6 Å². The van der Waals surface area contributed by atoms with E-state index in [0.29, 0.717) is 16.4 Å². The molecule has 17 heavy (non-hydrogen) atoms. The van der Waals surface area contributed by atoms with Gasteiger partial charge >= 0.3 is 0 Å². The van der Waals surface area contributed by atoms with Gasteiger partial charge in [0.25, 0.3) is 0 Å². The zero-order valence-electron chi connectivity index (χ0n) is 11.1. The highest BCUT2D eigenvalue weighted by molar-refractivity contribution is 8.07. The van der Waals surface area contributed by atoms with Crippen LogP contribution in [0.2, 0.25) is 0 Å². The Morgan fingerprint density at radius 2 is 2.00 bits per heavy atom. The van der Waals surface area contributed by atoms with Gasteiger partial charge in [0.2, 0.25) is 0 Å². The van der Waals surface area contributed by atoms with Crippen molar-refractivity contribution >= 4 is 23.5 Å². The first kappa shape index (κ1) is 14.1. The van der Waals surface area contributed by atoms with Crippen LogP contribution < -0.4 is 0 Å². The molecule has 1 heterocycles. The van der Waals surface area contributed by atoms with Crippen LogP contribution in [-0.2, 0) is 0 Å². The van der Waals surface area contributed by atoms with Crippen LogP contribution >= 0.6 is 23.5 Å². The molecule has 0 spiro atoms. The Bertz CT molecular complexity index is 234. The molecule has 100 valence electrons. The van der Waals surface area contributed by atoms with Gasteiger partial charge in [0, 0.05) is 22.0 Å². The molecule has 1 saturated heterocycles. The van der Waals surface area contributed by atoms with Crippen molar-refractivity contribution in [2.24, 2.45) is 11.8 Å². The molecule has 1 aliphatic carbocycles. The molecule has 3 heteroatoms. The Labute approximate surface area is 115 Å². The van der Waals surface area contributed by atoms with Gasteiger partial charge in [0.05, 0.1) is 6.10 Å². The first-order chi connectivity index (χ1) is 8.22. The third kappa shape index (κ3) is 3.57. The highest BCUT2D eigenvalue weighted by Crippen LogP contribution is 2.40. The highest BCUT2D eigenvalue weighted by atomic mass is 32.2. The van der Waals surface area contributed by atoms with Crippen LogP contribution in [0.1, 0.15) is 46.0 Å². The smallest absolute Gasteiger partial charge is 0.0697 e. The second-order valence-corrected chi connectivity index (χ2v) is 8.37. The summed E-state index contributed by atoms with van der Waals surface area (Å²) in [6.45, 7) is 4.60. The topological polar surface area (TPSA) is 20.2 Å². The van der Waals surface area contributed by atoms with Crippen molar-refractivity contribution in [2.75, 3.05) is 11.5 Å². The van der Waals surface area contributed by atoms with E-state index in [-0.39, 0.29) is 6.10 Å². The first-order valence-corrected chi connectivity index (χ1v) is 9.23. The van der Waals surface area contributed by atoms with E-state index in [1.54, 1.807) is 0 Å². The van der Waals surface area contributed by atoms with Gasteiger partial charge in [-0.3, -0.25) is 0 Å². The molecule has 5 unspecified atom stereocenters. The van der Waals surface area contributed by atoms with Crippen LogP contribution in [0.25, 0.3) is 0 Å². The standard InChI is InChI=1S/C14H26OS2/c1-3-11-5-4-6-12(9-11)13(15)14-10(2)16-7-8-17-14/h10-15H,3-9H2,1-2H3. The van der Waals surface area contributed by atoms with E-state index in [2.05, 4.69) is 13.8 Å². The van der Waals surface area contributed by atoms with Crippen LogP contribution in [0.3, 0.4) is 0 Å². The number of thioether (sulfide) groups is 2. The van der Waals surface area contributed by atoms with Gasteiger partial charge in [-0.25, -0.2) is 0 Å². The largest absolute Gasteiger partial charge is 0.392 e. The first-order valence-electron chi connectivity index (χ1n) is 7.13. The molecule has 5 atom stereocenters. The van der Waals surface area contributed by atoms with Gasteiger partial charge in [-0.15, -0.1) is 0 Å². The quantitative estimate of drug-likeness (QED) is 0.845. The van der Waals surface area contributed by atoms with Crippen molar-refractivity contribution in [3.63, 3.8) is 0 Å². The monoisotopic (exact) mass is 274 g/mol. The number of hydrogen-bond acceptors (Lipinski definition) is 3. The lowest BCUT2D eigenvalue weighted by Gasteiger charge is -2.39. The minimum absolute atomic E-state index is 0.0582. The Hall–Kier alpha value is 0.660. The van der Waals surface area contributed by atoms with E-state index < -0.39 is 0 Å². The SMILES string of the molecule is CCC1CCCC(C(O)C2SCCSC2C)C1. The third-order valence-corrected chi connectivity index (χ3v) is 7.66. The van der Waals surface area contributed by atoms with Crippen LogP contribution in [0.15, 0.2) is 0 Å². The van der Waals surface area contributed by atoms with Crippen LogP contribution in [0, 0.1) is 11.8 Å². The van der Waals surface area contributed by atoms with Crippen LogP contribution in [0.4, 0.5) is 0 Å². The van der Waals surface area contributed by atoms with Crippen molar-refractivity contribution in [3.05, 3.63) is 0 Å². The fourth-order valence-electron chi connectivity index (χ4n) is 3.31. The fraction of sp³-hybridized carbons (Fsp3) is 1.00. The highest BCUT2D eigenvalue weighted by Gasteiger charge is 2.36. The van der Waals surface area contributed by atoms with Gasteiger partial charge in [-0.05, 0) is 24.7 Å². The minimum Gasteiger partial charge on any atom is -0.392 e. The lowest BCUT2D eigenvalue weighted by molar-refractivity contribution is 0.0665. The molecule has 1 nitrogen and oxygen atoms in total. The Kier molecular flexibility index (Phi) is 5.56. The summed E-state index contributed by atoms with van der Waals surface area (Å²) in [5, 5.41) is 11.8. The molecular weight excluding hydrogens is 248 g/mol. The Morgan fingerprint density at radius 1 is 1.24 bits per heavy atom. The van der Waals surface area contributed by atoms with Crippen LogP contribution in [-0.4, -0.2) is 33.2 Å². The second kappa shape index (κ2) is 6.72. The summed E-state index contributed by atoms with van der Waals surface area (Å²) in [7, 11) is 0. The van der Waals surface area contributed by atoms with E-state index in [0.717, 1.165) is 5.92 Å². The number of rotatable bonds is 3. The molecule has 2 aliphatic rings. The number of hydrogen-bond donors (Lipinski definition) is 1. The summed E-state index contributed by atoms with van der Waals surface area (Å²) >= 11 is 4.06. The number of aliphatic hydroxyl groups excluding tert-OH is 1. The summed E-state index contributed by atoms with van der Waals surface area (Å²) in [5.41, 5.74) is 0. The summed E-state index contributed by atoms with van der Waals surface area (Å²) in [6.07, 6.45) is 6.49. The normalized spacial score (nSPS) is 41.1. The molecule has 2 rings (SSSR count). The van der Waals surface area contributed by atoms with Gasteiger partial charge in [0.15, 0.2) is 0 Å². The lowest BCUT2D eigenvalue weighted by atomic mass is 9.77. The molecular formula is C14H26OS2. The molecule has 0 aromatic heterocycles. The molecule has 0 radical (unpaired) electrons. The molecule has 0 bridgehead atoms. The lowest BCUT2D eigenvalue weighted by Crippen LogP contribution is -2.41. The van der Waals surface area contributed by atoms with Crippen molar-refractivity contribution in [1.82, 2.24) is 0 Å².